The first-order valence-corrected chi connectivity index (χ1v) is 8.25. The fourth-order valence-corrected chi connectivity index (χ4v) is 4.19. The molecular weight excluding hydrogens is 281 g/mol. The van der Waals surface area contributed by atoms with Gasteiger partial charge in [-0.25, -0.2) is 17.1 Å². The first-order valence-electron chi connectivity index (χ1n) is 6.81. The van der Waals surface area contributed by atoms with Gasteiger partial charge in [0.1, 0.15) is 5.82 Å². The largest absolute Gasteiger partial charge is 0.392 e. The molecule has 1 aromatic carbocycles. The third-order valence-electron chi connectivity index (χ3n) is 3.88. The van der Waals surface area contributed by atoms with Gasteiger partial charge in [0.15, 0.2) is 0 Å². The van der Waals surface area contributed by atoms with Gasteiger partial charge in [-0.05, 0) is 36.5 Å². The fraction of sp³-hybridized carbons (Fsp3) is 0.571. The number of hydrogen-bond donors (Lipinski definition) is 1. The zero-order valence-electron chi connectivity index (χ0n) is 11.5. The topological polar surface area (TPSA) is 57.6 Å². The lowest BCUT2D eigenvalue weighted by Crippen LogP contribution is -2.32. The predicted molar refractivity (Wildman–Crippen MR) is 74.1 cm³/mol. The van der Waals surface area contributed by atoms with Crippen molar-refractivity contribution in [2.75, 3.05) is 13.6 Å². The molecule has 0 amide bonds. The lowest BCUT2D eigenvalue weighted by Gasteiger charge is -2.22. The zero-order valence-corrected chi connectivity index (χ0v) is 12.4. The molecule has 0 bridgehead atoms. The van der Waals surface area contributed by atoms with E-state index in [1.807, 2.05) is 0 Å². The number of sulfonamides is 1. The molecule has 1 aromatic rings. The smallest absolute Gasteiger partial charge is 0.243 e. The van der Waals surface area contributed by atoms with E-state index >= 15 is 0 Å². The highest BCUT2D eigenvalue weighted by Gasteiger charge is 2.27. The summed E-state index contributed by atoms with van der Waals surface area (Å²) in [7, 11) is -2.24. The summed E-state index contributed by atoms with van der Waals surface area (Å²) < 4.78 is 39.6. The molecule has 4 nitrogen and oxygen atoms in total. The minimum atomic E-state index is -3.76. The molecule has 0 aliphatic heterocycles. The molecule has 0 radical (unpaired) electrons. The number of aliphatic hydroxyl groups excluding tert-OH is 1. The van der Waals surface area contributed by atoms with Gasteiger partial charge in [-0.2, -0.15) is 0 Å². The Morgan fingerprint density at radius 1 is 1.35 bits per heavy atom. The van der Waals surface area contributed by atoms with Crippen molar-refractivity contribution in [3.8, 4) is 0 Å². The van der Waals surface area contributed by atoms with Crippen LogP contribution in [0.4, 0.5) is 4.39 Å². The van der Waals surface area contributed by atoms with Crippen LogP contribution in [0.1, 0.15) is 31.2 Å². The number of rotatable bonds is 5. The van der Waals surface area contributed by atoms with Gasteiger partial charge in [0.2, 0.25) is 10.0 Å². The van der Waals surface area contributed by atoms with Gasteiger partial charge in [-0.3, -0.25) is 0 Å². The van der Waals surface area contributed by atoms with E-state index in [0.29, 0.717) is 12.5 Å². The highest BCUT2D eigenvalue weighted by Crippen LogP contribution is 2.28. The van der Waals surface area contributed by atoms with Crippen molar-refractivity contribution in [1.82, 2.24) is 4.31 Å². The molecule has 2 rings (SSSR count). The molecule has 0 atom stereocenters. The van der Waals surface area contributed by atoms with E-state index in [4.69, 9.17) is 0 Å². The number of benzene rings is 1. The lowest BCUT2D eigenvalue weighted by atomic mass is 10.1. The average Bonchev–Trinajstić information content (AvgIpc) is 2.91. The lowest BCUT2D eigenvalue weighted by molar-refractivity contribution is 0.277. The van der Waals surface area contributed by atoms with Crippen LogP contribution in [0.15, 0.2) is 23.1 Å². The summed E-state index contributed by atoms with van der Waals surface area (Å²) in [4.78, 5) is -0.138. The molecule has 6 heteroatoms. The van der Waals surface area contributed by atoms with Crippen molar-refractivity contribution >= 4 is 10.0 Å². The maximum absolute atomic E-state index is 13.3. The Morgan fingerprint density at radius 2 is 2.00 bits per heavy atom. The van der Waals surface area contributed by atoms with Crippen LogP contribution in [0, 0.1) is 11.7 Å². The zero-order chi connectivity index (χ0) is 14.8. The van der Waals surface area contributed by atoms with Crippen molar-refractivity contribution < 1.29 is 17.9 Å². The second kappa shape index (κ2) is 6.20. The van der Waals surface area contributed by atoms with Crippen molar-refractivity contribution in [1.29, 1.82) is 0 Å². The summed E-state index contributed by atoms with van der Waals surface area (Å²) in [5.74, 6) is -0.240. The van der Waals surface area contributed by atoms with Crippen LogP contribution in [0.3, 0.4) is 0 Å². The SMILES string of the molecule is CN(CC1CCCC1)S(=O)(=O)c1cc(F)ccc1CO. The highest BCUT2D eigenvalue weighted by molar-refractivity contribution is 7.89. The molecule has 0 unspecified atom stereocenters. The Labute approximate surface area is 119 Å². The van der Waals surface area contributed by atoms with Gasteiger partial charge in [-0.1, -0.05) is 18.9 Å². The monoisotopic (exact) mass is 301 g/mol. The fourth-order valence-electron chi connectivity index (χ4n) is 2.72. The van der Waals surface area contributed by atoms with Crippen LogP contribution in [0.2, 0.25) is 0 Å². The normalized spacial score (nSPS) is 17.0. The number of aliphatic hydroxyl groups is 1. The quantitative estimate of drug-likeness (QED) is 0.906. The summed E-state index contributed by atoms with van der Waals surface area (Å²) in [6, 6.07) is 3.44. The van der Waals surface area contributed by atoms with E-state index in [1.54, 1.807) is 0 Å². The second-order valence-corrected chi connectivity index (χ2v) is 7.36. The molecular formula is C14H20FNO3S. The summed E-state index contributed by atoms with van der Waals surface area (Å²) >= 11 is 0. The Bertz CT molecular complexity index is 568. The summed E-state index contributed by atoms with van der Waals surface area (Å²) in [5, 5.41) is 9.23. The van der Waals surface area contributed by atoms with Crippen molar-refractivity contribution in [2.24, 2.45) is 5.92 Å². The van der Waals surface area contributed by atoms with Gasteiger partial charge in [-0.15, -0.1) is 0 Å². The summed E-state index contributed by atoms with van der Waals surface area (Å²) in [5.41, 5.74) is 0.227. The Balaban J connectivity index is 2.26. The Kier molecular flexibility index (Phi) is 4.78. The van der Waals surface area contributed by atoms with Gasteiger partial charge in [0.05, 0.1) is 11.5 Å². The maximum atomic E-state index is 13.3. The third kappa shape index (κ3) is 3.19. The van der Waals surface area contributed by atoms with Crippen LogP contribution in [0.25, 0.3) is 0 Å². The van der Waals surface area contributed by atoms with E-state index in [9.17, 15) is 17.9 Å². The molecule has 112 valence electrons. The van der Waals surface area contributed by atoms with Crippen molar-refractivity contribution in [3.05, 3.63) is 29.6 Å². The van der Waals surface area contributed by atoms with Crippen molar-refractivity contribution in [2.45, 2.75) is 37.2 Å². The van der Waals surface area contributed by atoms with E-state index < -0.39 is 22.4 Å². The van der Waals surface area contributed by atoms with Gasteiger partial charge >= 0.3 is 0 Å². The predicted octanol–water partition coefficient (Wildman–Crippen LogP) is 2.13. The number of hydrogen-bond acceptors (Lipinski definition) is 3. The summed E-state index contributed by atoms with van der Waals surface area (Å²) in [6.07, 6.45) is 4.35. The van der Waals surface area contributed by atoms with E-state index in [1.165, 1.54) is 17.4 Å². The molecule has 1 aliphatic rings. The van der Waals surface area contributed by atoms with Crippen LogP contribution >= 0.6 is 0 Å². The first kappa shape index (κ1) is 15.4. The van der Waals surface area contributed by atoms with E-state index in [-0.39, 0.29) is 10.5 Å². The molecule has 1 saturated carbocycles. The van der Waals surface area contributed by atoms with Gasteiger partial charge < -0.3 is 5.11 Å². The molecule has 1 fully saturated rings. The van der Waals surface area contributed by atoms with Gasteiger partial charge in [0, 0.05) is 13.6 Å². The summed E-state index contributed by atoms with van der Waals surface area (Å²) in [6.45, 7) is 0.0236. The molecule has 1 N–H and O–H groups in total. The van der Waals surface area contributed by atoms with Crippen LogP contribution in [-0.2, 0) is 16.6 Å². The number of nitrogens with zero attached hydrogens (tertiary/aromatic N) is 1. The molecule has 0 heterocycles. The second-order valence-electron chi connectivity index (χ2n) is 5.35. The average molecular weight is 301 g/mol. The maximum Gasteiger partial charge on any atom is 0.243 e. The minimum absolute atomic E-state index is 0.138. The molecule has 0 aromatic heterocycles. The van der Waals surface area contributed by atoms with Crippen LogP contribution in [0.5, 0.6) is 0 Å². The molecule has 0 spiro atoms. The van der Waals surface area contributed by atoms with Crippen LogP contribution < -0.4 is 0 Å². The van der Waals surface area contributed by atoms with E-state index in [2.05, 4.69) is 0 Å². The van der Waals surface area contributed by atoms with Crippen molar-refractivity contribution in [3.63, 3.8) is 0 Å². The molecule has 1 aliphatic carbocycles. The molecule has 20 heavy (non-hydrogen) atoms. The molecule has 0 saturated heterocycles. The number of halogens is 1. The third-order valence-corrected chi connectivity index (χ3v) is 5.78. The Hall–Kier alpha value is -0.980. The van der Waals surface area contributed by atoms with Crippen LogP contribution in [-0.4, -0.2) is 31.4 Å². The minimum Gasteiger partial charge on any atom is -0.392 e. The Morgan fingerprint density at radius 3 is 2.60 bits per heavy atom. The standard InChI is InChI=1S/C14H20FNO3S/c1-16(9-11-4-2-3-5-11)20(18,19)14-8-13(15)7-6-12(14)10-17/h6-8,11,17H,2-5,9-10H2,1H3. The van der Waals surface area contributed by atoms with Gasteiger partial charge in [0.25, 0.3) is 0 Å². The van der Waals surface area contributed by atoms with E-state index in [0.717, 1.165) is 37.8 Å². The highest BCUT2D eigenvalue weighted by atomic mass is 32.2. The first-order chi connectivity index (χ1) is 9.45.